The second-order valence-electron chi connectivity index (χ2n) is 7.61. The molecule has 4 rings (SSSR count). The van der Waals surface area contributed by atoms with E-state index in [0.29, 0.717) is 17.6 Å². The molecule has 1 atom stereocenters. The Morgan fingerprint density at radius 2 is 2.12 bits per heavy atom. The van der Waals surface area contributed by atoms with Crippen LogP contribution < -0.4 is 10.9 Å². The number of likely N-dealkylation sites (tertiary alicyclic amines) is 1. The van der Waals surface area contributed by atoms with Gasteiger partial charge in [-0.25, -0.2) is 4.98 Å². The fourth-order valence-corrected chi connectivity index (χ4v) is 3.70. The summed E-state index contributed by atoms with van der Waals surface area (Å²) in [5, 5.41) is 3.74. The monoisotopic (exact) mass is 354 g/mol. The average molecular weight is 354 g/mol. The highest BCUT2D eigenvalue weighted by atomic mass is 16.2. The lowest BCUT2D eigenvalue weighted by Gasteiger charge is -2.31. The molecule has 1 aromatic heterocycles. The Morgan fingerprint density at radius 3 is 2.96 bits per heavy atom. The van der Waals surface area contributed by atoms with Gasteiger partial charge in [0.2, 0.25) is 5.91 Å². The maximum absolute atomic E-state index is 12.3. The maximum atomic E-state index is 12.3. The smallest absolute Gasteiger partial charge is 0.258 e. The summed E-state index contributed by atoms with van der Waals surface area (Å²) in [6, 6.07) is 7.41. The SMILES string of the molecule is O=C(NCC1CC1)C1CCCN(CCc2nc3ccccc3c(=O)[nH]2)C1. The van der Waals surface area contributed by atoms with Gasteiger partial charge >= 0.3 is 0 Å². The van der Waals surface area contributed by atoms with Crippen LogP contribution in [0.5, 0.6) is 0 Å². The summed E-state index contributed by atoms with van der Waals surface area (Å²) in [7, 11) is 0. The van der Waals surface area contributed by atoms with Gasteiger partial charge in [-0.1, -0.05) is 12.1 Å². The number of hydrogen-bond acceptors (Lipinski definition) is 4. The van der Waals surface area contributed by atoms with Gasteiger partial charge in [-0.05, 0) is 50.3 Å². The highest BCUT2D eigenvalue weighted by molar-refractivity contribution is 5.79. The lowest BCUT2D eigenvalue weighted by molar-refractivity contribution is -0.126. The van der Waals surface area contributed by atoms with Crippen molar-refractivity contribution in [1.82, 2.24) is 20.2 Å². The van der Waals surface area contributed by atoms with Crippen LogP contribution in [0, 0.1) is 11.8 Å². The van der Waals surface area contributed by atoms with Gasteiger partial charge in [0.25, 0.3) is 5.56 Å². The normalized spacial score (nSPS) is 21.0. The third-order valence-electron chi connectivity index (χ3n) is 5.46. The van der Waals surface area contributed by atoms with E-state index >= 15 is 0 Å². The van der Waals surface area contributed by atoms with Crippen LogP contribution in [0.1, 0.15) is 31.5 Å². The standard InChI is InChI=1S/C20H26N4O2/c25-19(21-12-14-7-8-14)15-4-3-10-24(13-15)11-9-18-22-17-6-2-1-5-16(17)20(26)23-18/h1-2,5-6,14-15H,3-4,7-13H2,(H,21,25)(H,22,23,26). The van der Waals surface area contributed by atoms with Crippen LogP contribution in [0.4, 0.5) is 0 Å². The number of aromatic amines is 1. The average Bonchev–Trinajstić information content (AvgIpc) is 3.49. The first kappa shape index (κ1) is 17.2. The third kappa shape index (κ3) is 4.12. The summed E-state index contributed by atoms with van der Waals surface area (Å²) in [6.07, 6.45) is 5.22. The number of amides is 1. The predicted octanol–water partition coefficient (Wildman–Crippen LogP) is 1.70. The molecule has 138 valence electrons. The van der Waals surface area contributed by atoms with Gasteiger partial charge in [-0.15, -0.1) is 0 Å². The second kappa shape index (κ2) is 7.58. The molecule has 1 amide bonds. The van der Waals surface area contributed by atoms with Crippen molar-refractivity contribution in [3.63, 3.8) is 0 Å². The summed E-state index contributed by atoms with van der Waals surface area (Å²) in [5.74, 6) is 1.73. The lowest BCUT2D eigenvalue weighted by Crippen LogP contribution is -2.44. The van der Waals surface area contributed by atoms with Gasteiger partial charge in [-0.3, -0.25) is 9.59 Å². The molecule has 0 radical (unpaired) electrons. The fraction of sp³-hybridized carbons (Fsp3) is 0.550. The molecule has 2 aromatic rings. The van der Waals surface area contributed by atoms with Crippen molar-refractivity contribution in [3.05, 3.63) is 40.4 Å². The summed E-state index contributed by atoms with van der Waals surface area (Å²) < 4.78 is 0. The molecule has 1 unspecified atom stereocenters. The lowest BCUT2D eigenvalue weighted by atomic mass is 9.97. The number of carbonyl (C=O) groups is 1. The van der Waals surface area contributed by atoms with E-state index in [1.807, 2.05) is 18.2 Å². The molecular formula is C20H26N4O2. The zero-order valence-corrected chi connectivity index (χ0v) is 15.0. The first-order valence-corrected chi connectivity index (χ1v) is 9.67. The maximum Gasteiger partial charge on any atom is 0.258 e. The number of para-hydroxylation sites is 1. The molecule has 2 aliphatic rings. The molecular weight excluding hydrogens is 328 g/mol. The van der Waals surface area contributed by atoms with Crippen molar-refractivity contribution in [2.24, 2.45) is 11.8 Å². The van der Waals surface area contributed by atoms with E-state index in [2.05, 4.69) is 20.2 Å². The number of carbonyl (C=O) groups excluding carboxylic acids is 1. The van der Waals surface area contributed by atoms with E-state index in [-0.39, 0.29) is 17.4 Å². The first-order valence-electron chi connectivity index (χ1n) is 9.67. The van der Waals surface area contributed by atoms with E-state index in [1.165, 1.54) is 12.8 Å². The van der Waals surface area contributed by atoms with Crippen LogP contribution in [-0.4, -0.2) is 47.0 Å². The predicted molar refractivity (Wildman–Crippen MR) is 101 cm³/mol. The van der Waals surface area contributed by atoms with Gasteiger partial charge in [0, 0.05) is 26.1 Å². The van der Waals surface area contributed by atoms with Gasteiger partial charge in [0.15, 0.2) is 0 Å². The van der Waals surface area contributed by atoms with Crippen molar-refractivity contribution in [2.45, 2.75) is 32.1 Å². The van der Waals surface area contributed by atoms with Crippen molar-refractivity contribution in [1.29, 1.82) is 0 Å². The fourth-order valence-electron chi connectivity index (χ4n) is 3.70. The number of aromatic nitrogens is 2. The van der Waals surface area contributed by atoms with Crippen LogP contribution >= 0.6 is 0 Å². The van der Waals surface area contributed by atoms with Crippen molar-refractivity contribution in [2.75, 3.05) is 26.2 Å². The Morgan fingerprint density at radius 1 is 1.27 bits per heavy atom. The minimum Gasteiger partial charge on any atom is -0.356 e. The van der Waals surface area contributed by atoms with E-state index in [4.69, 9.17) is 0 Å². The van der Waals surface area contributed by atoms with Crippen LogP contribution in [0.15, 0.2) is 29.1 Å². The number of rotatable bonds is 6. The Balaban J connectivity index is 1.33. The third-order valence-corrected chi connectivity index (χ3v) is 5.46. The van der Waals surface area contributed by atoms with E-state index < -0.39 is 0 Å². The molecule has 0 bridgehead atoms. The minimum atomic E-state index is -0.0819. The molecule has 6 heteroatoms. The van der Waals surface area contributed by atoms with Crippen LogP contribution in [-0.2, 0) is 11.2 Å². The van der Waals surface area contributed by atoms with Crippen molar-refractivity contribution in [3.8, 4) is 0 Å². The molecule has 1 aliphatic carbocycles. The summed E-state index contributed by atoms with van der Waals surface area (Å²) >= 11 is 0. The van der Waals surface area contributed by atoms with Gasteiger partial charge in [0.05, 0.1) is 16.8 Å². The molecule has 1 saturated heterocycles. The van der Waals surface area contributed by atoms with Crippen molar-refractivity contribution < 1.29 is 4.79 Å². The number of benzene rings is 1. The molecule has 1 saturated carbocycles. The van der Waals surface area contributed by atoms with Gasteiger partial charge in [-0.2, -0.15) is 0 Å². The van der Waals surface area contributed by atoms with Gasteiger partial charge < -0.3 is 15.2 Å². The number of nitrogens with one attached hydrogen (secondary N) is 2. The summed E-state index contributed by atoms with van der Waals surface area (Å²) in [6.45, 7) is 3.46. The second-order valence-corrected chi connectivity index (χ2v) is 7.61. The Hall–Kier alpha value is -2.21. The van der Waals surface area contributed by atoms with E-state index in [0.717, 1.165) is 50.5 Å². The molecule has 2 N–H and O–H groups in total. The molecule has 2 fully saturated rings. The molecule has 26 heavy (non-hydrogen) atoms. The quantitative estimate of drug-likeness (QED) is 0.828. The summed E-state index contributed by atoms with van der Waals surface area (Å²) in [4.78, 5) is 34.3. The number of hydrogen-bond donors (Lipinski definition) is 2. The zero-order valence-electron chi connectivity index (χ0n) is 15.0. The largest absolute Gasteiger partial charge is 0.356 e. The molecule has 2 heterocycles. The number of piperidine rings is 1. The molecule has 0 spiro atoms. The van der Waals surface area contributed by atoms with Gasteiger partial charge in [0.1, 0.15) is 5.82 Å². The number of fused-ring (bicyclic) bond motifs is 1. The molecule has 1 aliphatic heterocycles. The Kier molecular flexibility index (Phi) is 5.02. The van der Waals surface area contributed by atoms with Crippen LogP contribution in [0.2, 0.25) is 0 Å². The number of H-pyrrole nitrogens is 1. The first-order chi connectivity index (χ1) is 12.7. The van der Waals surface area contributed by atoms with Crippen LogP contribution in [0.3, 0.4) is 0 Å². The highest BCUT2D eigenvalue weighted by Crippen LogP contribution is 2.28. The molecule has 6 nitrogen and oxygen atoms in total. The Labute approximate surface area is 153 Å². The minimum absolute atomic E-state index is 0.0819. The van der Waals surface area contributed by atoms with E-state index in [1.54, 1.807) is 6.07 Å². The highest BCUT2D eigenvalue weighted by Gasteiger charge is 2.27. The van der Waals surface area contributed by atoms with E-state index in [9.17, 15) is 9.59 Å². The van der Waals surface area contributed by atoms with Crippen molar-refractivity contribution >= 4 is 16.8 Å². The van der Waals surface area contributed by atoms with Crippen LogP contribution in [0.25, 0.3) is 10.9 Å². The Bertz CT molecular complexity index is 843. The summed E-state index contributed by atoms with van der Waals surface area (Å²) in [5.41, 5.74) is 0.656. The number of nitrogens with zero attached hydrogens (tertiary/aromatic N) is 2. The molecule has 1 aromatic carbocycles. The topological polar surface area (TPSA) is 78.1 Å². The zero-order chi connectivity index (χ0) is 17.9.